The molecular formula is C15H28F3NO. The van der Waals surface area contributed by atoms with Crippen molar-refractivity contribution in [3.63, 3.8) is 0 Å². The van der Waals surface area contributed by atoms with Crippen molar-refractivity contribution >= 4 is 0 Å². The Hall–Kier alpha value is -0.290. The lowest BCUT2D eigenvalue weighted by atomic mass is 9.78. The molecule has 120 valence electrons. The molecule has 20 heavy (non-hydrogen) atoms. The lowest BCUT2D eigenvalue weighted by Gasteiger charge is -2.31. The van der Waals surface area contributed by atoms with Crippen LogP contribution in [0.4, 0.5) is 13.2 Å². The molecule has 0 unspecified atom stereocenters. The van der Waals surface area contributed by atoms with Crippen LogP contribution < -0.4 is 5.32 Å². The minimum absolute atomic E-state index is 0.170. The van der Waals surface area contributed by atoms with Gasteiger partial charge in [-0.3, -0.25) is 0 Å². The van der Waals surface area contributed by atoms with Gasteiger partial charge in [0.25, 0.3) is 0 Å². The van der Waals surface area contributed by atoms with Gasteiger partial charge in [-0.1, -0.05) is 26.7 Å². The summed E-state index contributed by atoms with van der Waals surface area (Å²) in [6.45, 7) is 5.27. The molecule has 2 nitrogen and oxygen atoms in total. The van der Waals surface area contributed by atoms with Crippen molar-refractivity contribution in [3.8, 4) is 0 Å². The summed E-state index contributed by atoms with van der Waals surface area (Å²) < 4.78 is 40.2. The van der Waals surface area contributed by atoms with Crippen LogP contribution in [0.1, 0.15) is 52.4 Å². The summed E-state index contributed by atoms with van der Waals surface area (Å²) in [5, 5.41) is 3.41. The van der Waals surface area contributed by atoms with Crippen LogP contribution in [0.3, 0.4) is 0 Å². The van der Waals surface area contributed by atoms with E-state index < -0.39 is 12.8 Å². The third-order valence-corrected chi connectivity index (χ3v) is 3.91. The van der Waals surface area contributed by atoms with Crippen LogP contribution in [0, 0.1) is 11.3 Å². The van der Waals surface area contributed by atoms with E-state index in [2.05, 4.69) is 23.9 Å². The number of rotatable bonds is 9. The third kappa shape index (κ3) is 7.48. The van der Waals surface area contributed by atoms with Crippen LogP contribution in [-0.4, -0.2) is 32.5 Å². The van der Waals surface area contributed by atoms with Crippen molar-refractivity contribution < 1.29 is 17.9 Å². The van der Waals surface area contributed by atoms with E-state index in [1.165, 1.54) is 32.1 Å². The van der Waals surface area contributed by atoms with E-state index in [9.17, 15) is 13.2 Å². The van der Waals surface area contributed by atoms with Gasteiger partial charge >= 0.3 is 6.18 Å². The van der Waals surface area contributed by atoms with Gasteiger partial charge < -0.3 is 10.1 Å². The zero-order chi connectivity index (χ0) is 15.1. The largest absolute Gasteiger partial charge is 0.411 e. The molecule has 0 spiro atoms. The first kappa shape index (κ1) is 17.8. The summed E-state index contributed by atoms with van der Waals surface area (Å²) in [5.74, 6) is 0.699. The predicted octanol–water partition coefficient (Wildman–Crippen LogP) is 4.15. The van der Waals surface area contributed by atoms with E-state index in [0.29, 0.717) is 17.8 Å². The van der Waals surface area contributed by atoms with Gasteiger partial charge in [0.2, 0.25) is 0 Å². The Morgan fingerprint density at radius 1 is 1.20 bits per heavy atom. The van der Waals surface area contributed by atoms with Gasteiger partial charge in [0.05, 0.1) is 0 Å². The first-order valence-corrected chi connectivity index (χ1v) is 7.68. The Bertz CT molecular complexity index is 260. The zero-order valence-electron chi connectivity index (χ0n) is 12.7. The second-order valence-electron chi connectivity index (χ2n) is 6.50. The van der Waals surface area contributed by atoms with Crippen LogP contribution in [0.5, 0.6) is 0 Å². The Morgan fingerprint density at radius 3 is 2.40 bits per heavy atom. The quantitative estimate of drug-likeness (QED) is 0.645. The number of alkyl halides is 3. The van der Waals surface area contributed by atoms with Gasteiger partial charge in [0.15, 0.2) is 0 Å². The van der Waals surface area contributed by atoms with Crippen molar-refractivity contribution in [2.75, 3.05) is 26.3 Å². The van der Waals surface area contributed by atoms with E-state index in [1.54, 1.807) is 0 Å². The number of ether oxygens (including phenoxy) is 1. The van der Waals surface area contributed by atoms with Crippen molar-refractivity contribution in [1.82, 2.24) is 5.32 Å². The fraction of sp³-hybridized carbons (Fsp3) is 1.00. The Morgan fingerprint density at radius 2 is 1.85 bits per heavy atom. The topological polar surface area (TPSA) is 21.3 Å². The Balaban J connectivity index is 2.10. The molecule has 1 saturated carbocycles. The fourth-order valence-corrected chi connectivity index (χ4v) is 3.28. The average Bonchev–Trinajstić information content (AvgIpc) is 2.74. The number of nitrogens with one attached hydrogen (secondary N) is 1. The third-order valence-electron chi connectivity index (χ3n) is 3.91. The maximum absolute atomic E-state index is 11.9. The van der Waals surface area contributed by atoms with Gasteiger partial charge in [0.1, 0.15) is 6.61 Å². The average molecular weight is 295 g/mol. The molecule has 0 radical (unpaired) electrons. The fourth-order valence-electron chi connectivity index (χ4n) is 3.28. The number of hydrogen-bond acceptors (Lipinski definition) is 2. The van der Waals surface area contributed by atoms with Crippen LogP contribution in [0.2, 0.25) is 0 Å². The molecule has 1 fully saturated rings. The molecule has 0 saturated heterocycles. The highest BCUT2D eigenvalue weighted by atomic mass is 19.4. The summed E-state index contributed by atoms with van der Waals surface area (Å²) >= 11 is 0. The summed E-state index contributed by atoms with van der Waals surface area (Å²) in [5.41, 5.74) is 0.418. The summed E-state index contributed by atoms with van der Waals surface area (Å²) in [6.07, 6.45) is 2.84. The van der Waals surface area contributed by atoms with Crippen LogP contribution >= 0.6 is 0 Å². The maximum Gasteiger partial charge on any atom is 0.411 e. The van der Waals surface area contributed by atoms with Gasteiger partial charge in [0, 0.05) is 13.2 Å². The predicted molar refractivity (Wildman–Crippen MR) is 74.7 cm³/mol. The van der Waals surface area contributed by atoms with E-state index in [-0.39, 0.29) is 6.61 Å². The van der Waals surface area contributed by atoms with E-state index >= 15 is 0 Å². The molecule has 0 bridgehead atoms. The van der Waals surface area contributed by atoms with Crippen LogP contribution in [0.25, 0.3) is 0 Å². The SMILES string of the molecule is CC(C)CC1(CNCCCOCC(F)(F)F)CCCC1. The molecule has 0 aromatic heterocycles. The Labute approximate surface area is 120 Å². The molecule has 5 heteroatoms. The summed E-state index contributed by atoms with van der Waals surface area (Å²) in [6, 6.07) is 0. The minimum Gasteiger partial charge on any atom is -0.372 e. The lowest BCUT2D eigenvalue weighted by molar-refractivity contribution is -0.173. The molecule has 0 atom stereocenters. The van der Waals surface area contributed by atoms with Crippen molar-refractivity contribution in [2.24, 2.45) is 11.3 Å². The Kier molecular flexibility index (Phi) is 7.30. The van der Waals surface area contributed by atoms with Crippen molar-refractivity contribution in [1.29, 1.82) is 0 Å². The van der Waals surface area contributed by atoms with Gasteiger partial charge in [-0.05, 0) is 43.6 Å². The molecule has 1 rings (SSSR count). The highest BCUT2D eigenvalue weighted by Crippen LogP contribution is 2.42. The molecule has 0 amide bonds. The molecule has 0 aromatic carbocycles. The van der Waals surface area contributed by atoms with Crippen molar-refractivity contribution in [3.05, 3.63) is 0 Å². The van der Waals surface area contributed by atoms with Gasteiger partial charge in [-0.25, -0.2) is 0 Å². The van der Waals surface area contributed by atoms with Crippen LogP contribution in [0.15, 0.2) is 0 Å². The summed E-state index contributed by atoms with van der Waals surface area (Å²) in [4.78, 5) is 0. The number of hydrogen-bond donors (Lipinski definition) is 1. The first-order valence-electron chi connectivity index (χ1n) is 7.68. The molecule has 1 N–H and O–H groups in total. The first-order chi connectivity index (χ1) is 9.33. The smallest absolute Gasteiger partial charge is 0.372 e. The number of halogens is 3. The zero-order valence-corrected chi connectivity index (χ0v) is 12.7. The van der Waals surface area contributed by atoms with Crippen LogP contribution in [-0.2, 0) is 4.74 Å². The highest BCUT2D eigenvalue weighted by Gasteiger charge is 2.33. The second-order valence-corrected chi connectivity index (χ2v) is 6.50. The second kappa shape index (κ2) is 8.23. The van der Waals surface area contributed by atoms with E-state index in [0.717, 1.165) is 13.1 Å². The minimum atomic E-state index is -4.21. The monoisotopic (exact) mass is 295 g/mol. The van der Waals surface area contributed by atoms with Crippen molar-refractivity contribution in [2.45, 2.75) is 58.5 Å². The highest BCUT2D eigenvalue weighted by molar-refractivity contribution is 4.87. The molecule has 1 aliphatic carbocycles. The maximum atomic E-state index is 11.9. The van der Waals surface area contributed by atoms with E-state index in [4.69, 9.17) is 0 Å². The van der Waals surface area contributed by atoms with Gasteiger partial charge in [-0.2, -0.15) is 13.2 Å². The standard InChI is InChI=1S/C15H28F3NO/c1-13(2)10-14(6-3-4-7-14)11-19-8-5-9-20-12-15(16,17)18/h13,19H,3-12H2,1-2H3. The molecular weight excluding hydrogens is 267 g/mol. The molecule has 0 aromatic rings. The summed E-state index contributed by atoms with van der Waals surface area (Å²) in [7, 11) is 0. The van der Waals surface area contributed by atoms with Gasteiger partial charge in [-0.15, -0.1) is 0 Å². The molecule has 0 heterocycles. The van der Waals surface area contributed by atoms with E-state index in [1.807, 2.05) is 0 Å². The molecule has 0 aliphatic heterocycles. The lowest BCUT2D eigenvalue weighted by Crippen LogP contribution is -2.34. The normalized spacial score (nSPS) is 18.9. The molecule has 1 aliphatic rings.